The van der Waals surface area contributed by atoms with Gasteiger partial charge in [0.05, 0.1) is 0 Å². The lowest BCUT2D eigenvalue weighted by Crippen LogP contribution is -2.37. The standard InChI is InChI=1S/C18H30N2O/c1-4-20(5-2)15(3)14-21-18-9-7-6-8-17(18)16-10-12-19-13-11-16/h6-9,15-16,19H,4-5,10-14H2,1-3H3. The van der Waals surface area contributed by atoms with Crippen molar-refractivity contribution < 1.29 is 4.74 Å². The lowest BCUT2D eigenvalue weighted by Gasteiger charge is -2.28. The first-order chi connectivity index (χ1) is 10.3. The molecule has 1 N–H and O–H groups in total. The molecule has 1 aliphatic rings. The minimum absolute atomic E-state index is 0.459. The second-order valence-corrected chi connectivity index (χ2v) is 5.94. The first-order valence-corrected chi connectivity index (χ1v) is 8.42. The summed E-state index contributed by atoms with van der Waals surface area (Å²) >= 11 is 0. The van der Waals surface area contributed by atoms with Crippen LogP contribution in [0.1, 0.15) is 45.1 Å². The van der Waals surface area contributed by atoms with Crippen molar-refractivity contribution in [3.8, 4) is 5.75 Å². The number of rotatable bonds is 7. The minimum Gasteiger partial charge on any atom is -0.492 e. The predicted molar refractivity (Wildman–Crippen MR) is 89.2 cm³/mol. The van der Waals surface area contributed by atoms with Crippen LogP contribution >= 0.6 is 0 Å². The first kappa shape index (κ1) is 16.3. The SMILES string of the molecule is CCN(CC)C(C)COc1ccccc1C1CCNCC1. The van der Waals surface area contributed by atoms with Gasteiger partial charge in [-0.3, -0.25) is 4.90 Å². The molecule has 0 radical (unpaired) electrons. The van der Waals surface area contributed by atoms with E-state index in [0.29, 0.717) is 12.0 Å². The van der Waals surface area contributed by atoms with E-state index < -0.39 is 0 Å². The monoisotopic (exact) mass is 290 g/mol. The summed E-state index contributed by atoms with van der Waals surface area (Å²) < 4.78 is 6.17. The summed E-state index contributed by atoms with van der Waals surface area (Å²) in [6, 6.07) is 9.06. The second-order valence-electron chi connectivity index (χ2n) is 5.94. The molecule has 3 nitrogen and oxygen atoms in total. The van der Waals surface area contributed by atoms with Crippen molar-refractivity contribution in [2.45, 2.75) is 45.6 Å². The van der Waals surface area contributed by atoms with Crippen LogP contribution in [0.5, 0.6) is 5.75 Å². The average Bonchev–Trinajstić information content (AvgIpc) is 2.55. The van der Waals surface area contributed by atoms with E-state index in [9.17, 15) is 0 Å². The van der Waals surface area contributed by atoms with Crippen LogP contribution < -0.4 is 10.1 Å². The van der Waals surface area contributed by atoms with Crippen LogP contribution in [0, 0.1) is 0 Å². The van der Waals surface area contributed by atoms with E-state index in [0.717, 1.165) is 38.5 Å². The van der Waals surface area contributed by atoms with Crippen molar-refractivity contribution in [2.75, 3.05) is 32.8 Å². The molecule has 1 atom stereocenters. The van der Waals surface area contributed by atoms with Gasteiger partial charge in [0, 0.05) is 6.04 Å². The third kappa shape index (κ3) is 4.45. The number of ether oxygens (including phenoxy) is 1. The van der Waals surface area contributed by atoms with Gasteiger partial charge in [0.2, 0.25) is 0 Å². The van der Waals surface area contributed by atoms with Crippen molar-refractivity contribution in [2.24, 2.45) is 0 Å². The van der Waals surface area contributed by atoms with E-state index in [-0.39, 0.29) is 0 Å². The van der Waals surface area contributed by atoms with E-state index in [4.69, 9.17) is 4.74 Å². The lowest BCUT2D eigenvalue weighted by molar-refractivity contribution is 0.157. The average molecular weight is 290 g/mol. The van der Waals surface area contributed by atoms with Crippen LogP contribution in [-0.4, -0.2) is 43.7 Å². The molecule has 0 bridgehead atoms. The topological polar surface area (TPSA) is 24.5 Å². The Morgan fingerprint density at radius 3 is 2.52 bits per heavy atom. The van der Waals surface area contributed by atoms with Gasteiger partial charge in [-0.1, -0.05) is 32.0 Å². The molecule has 1 aliphatic heterocycles. The zero-order valence-corrected chi connectivity index (χ0v) is 13.8. The van der Waals surface area contributed by atoms with Gasteiger partial charge < -0.3 is 10.1 Å². The van der Waals surface area contributed by atoms with E-state index in [1.807, 2.05) is 0 Å². The minimum atomic E-state index is 0.459. The normalized spacial score (nSPS) is 17.9. The van der Waals surface area contributed by atoms with Gasteiger partial charge in [0.15, 0.2) is 0 Å². The molecule has 21 heavy (non-hydrogen) atoms. The Labute approximate surface area is 129 Å². The fourth-order valence-corrected chi connectivity index (χ4v) is 3.24. The summed E-state index contributed by atoms with van der Waals surface area (Å²) in [6.45, 7) is 11.8. The molecule has 0 saturated carbocycles. The number of likely N-dealkylation sites (N-methyl/N-ethyl adjacent to an activating group) is 1. The molecular weight excluding hydrogens is 260 g/mol. The maximum absolute atomic E-state index is 6.17. The van der Waals surface area contributed by atoms with Gasteiger partial charge in [-0.25, -0.2) is 0 Å². The van der Waals surface area contributed by atoms with Crippen molar-refractivity contribution >= 4 is 0 Å². The van der Waals surface area contributed by atoms with Crippen molar-refractivity contribution in [1.29, 1.82) is 0 Å². The summed E-state index contributed by atoms with van der Waals surface area (Å²) in [5, 5.41) is 3.44. The van der Waals surface area contributed by atoms with Crippen LogP contribution in [0.15, 0.2) is 24.3 Å². The fraction of sp³-hybridized carbons (Fsp3) is 0.667. The quantitative estimate of drug-likeness (QED) is 0.834. The summed E-state index contributed by atoms with van der Waals surface area (Å²) in [4.78, 5) is 2.44. The van der Waals surface area contributed by atoms with Crippen molar-refractivity contribution in [3.63, 3.8) is 0 Å². The molecule has 1 heterocycles. The molecule has 2 rings (SSSR count). The second kappa shape index (κ2) is 8.40. The number of hydrogen-bond donors (Lipinski definition) is 1. The van der Waals surface area contributed by atoms with Gasteiger partial charge in [-0.15, -0.1) is 0 Å². The molecule has 1 fully saturated rings. The highest BCUT2D eigenvalue weighted by molar-refractivity contribution is 5.36. The Balaban J connectivity index is 1.99. The van der Waals surface area contributed by atoms with Crippen LogP contribution in [-0.2, 0) is 0 Å². The van der Waals surface area contributed by atoms with Gasteiger partial charge in [-0.2, -0.15) is 0 Å². The van der Waals surface area contributed by atoms with E-state index in [1.165, 1.54) is 18.4 Å². The summed E-state index contributed by atoms with van der Waals surface area (Å²) in [6.07, 6.45) is 2.43. The zero-order valence-electron chi connectivity index (χ0n) is 13.8. The van der Waals surface area contributed by atoms with Crippen molar-refractivity contribution in [3.05, 3.63) is 29.8 Å². The highest BCUT2D eigenvalue weighted by Gasteiger charge is 2.19. The number of hydrogen-bond acceptors (Lipinski definition) is 3. The molecule has 0 aliphatic carbocycles. The number of nitrogens with one attached hydrogen (secondary N) is 1. The van der Waals surface area contributed by atoms with Gasteiger partial charge >= 0.3 is 0 Å². The number of benzene rings is 1. The van der Waals surface area contributed by atoms with E-state index >= 15 is 0 Å². The summed E-state index contributed by atoms with van der Waals surface area (Å²) in [7, 11) is 0. The zero-order chi connectivity index (χ0) is 15.1. The highest BCUT2D eigenvalue weighted by Crippen LogP contribution is 2.32. The van der Waals surface area contributed by atoms with E-state index in [1.54, 1.807) is 0 Å². The van der Waals surface area contributed by atoms with Crippen LogP contribution in [0.3, 0.4) is 0 Å². The maximum atomic E-state index is 6.17. The van der Waals surface area contributed by atoms with Gasteiger partial charge in [0.1, 0.15) is 12.4 Å². The third-order valence-electron chi connectivity index (χ3n) is 4.61. The molecule has 0 aromatic heterocycles. The molecular formula is C18H30N2O. The molecule has 1 aromatic carbocycles. The largest absolute Gasteiger partial charge is 0.492 e. The Morgan fingerprint density at radius 1 is 1.19 bits per heavy atom. The van der Waals surface area contributed by atoms with Gasteiger partial charge in [-0.05, 0) is 63.5 Å². The number of para-hydroxylation sites is 1. The predicted octanol–water partition coefficient (Wildman–Crippen LogP) is 3.26. The first-order valence-electron chi connectivity index (χ1n) is 8.42. The molecule has 1 unspecified atom stereocenters. The molecule has 118 valence electrons. The maximum Gasteiger partial charge on any atom is 0.122 e. The Morgan fingerprint density at radius 2 is 1.86 bits per heavy atom. The fourth-order valence-electron chi connectivity index (χ4n) is 3.24. The van der Waals surface area contributed by atoms with Crippen LogP contribution in [0.25, 0.3) is 0 Å². The molecule has 1 saturated heterocycles. The third-order valence-corrected chi connectivity index (χ3v) is 4.61. The smallest absolute Gasteiger partial charge is 0.122 e. The number of piperidine rings is 1. The summed E-state index contributed by atoms with van der Waals surface area (Å²) in [5.41, 5.74) is 1.39. The van der Waals surface area contributed by atoms with E-state index in [2.05, 4.69) is 55.3 Å². The lowest BCUT2D eigenvalue weighted by atomic mass is 9.89. The van der Waals surface area contributed by atoms with Crippen molar-refractivity contribution in [1.82, 2.24) is 10.2 Å². The molecule has 1 aromatic rings. The Kier molecular flexibility index (Phi) is 6.52. The van der Waals surface area contributed by atoms with Crippen LogP contribution in [0.4, 0.5) is 0 Å². The van der Waals surface area contributed by atoms with Crippen LogP contribution in [0.2, 0.25) is 0 Å². The Hall–Kier alpha value is -1.06. The molecule has 0 spiro atoms. The molecule has 3 heteroatoms. The Bertz CT molecular complexity index is 411. The summed E-state index contributed by atoms with van der Waals surface area (Å²) in [5.74, 6) is 1.73. The molecule has 0 amide bonds. The highest BCUT2D eigenvalue weighted by atomic mass is 16.5. The number of nitrogens with zero attached hydrogens (tertiary/aromatic N) is 1. The van der Waals surface area contributed by atoms with Gasteiger partial charge in [0.25, 0.3) is 0 Å².